The van der Waals surface area contributed by atoms with Crippen molar-refractivity contribution in [1.82, 2.24) is 5.16 Å². The van der Waals surface area contributed by atoms with Crippen LogP contribution in [0.15, 0.2) is 39.5 Å². The van der Waals surface area contributed by atoms with Gasteiger partial charge in [-0.2, -0.15) is 0 Å². The molecule has 0 aliphatic rings. The van der Waals surface area contributed by atoms with E-state index < -0.39 is 0 Å². The van der Waals surface area contributed by atoms with Gasteiger partial charge in [-0.3, -0.25) is 0 Å². The molecule has 0 fully saturated rings. The molecular weight excluding hydrogens is 220 g/mol. The van der Waals surface area contributed by atoms with Gasteiger partial charge in [-0.25, -0.2) is 0 Å². The molecule has 1 aromatic carbocycles. The predicted molar refractivity (Wildman–Crippen MR) is 62.7 cm³/mol. The second-order valence-corrected chi connectivity index (χ2v) is 3.59. The van der Waals surface area contributed by atoms with Crippen molar-refractivity contribution >= 4 is 16.9 Å². The number of furan rings is 1. The molecule has 0 amide bonds. The maximum atomic E-state index is 5.51. The fraction of sp³-hybridized carbons (Fsp3) is 0.0833. The highest BCUT2D eigenvalue weighted by Crippen LogP contribution is 2.34. The van der Waals surface area contributed by atoms with E-state index in [1.165, 1.54) is 0 Å². The van der Waals surface area contributed by atoms with Crippen molar-refractivity contribution in [3.05, 3.63) is 30.5 Å². The normalized spacial score (nSPS) is 10.9. The second-order valence-electron chi connectivity index (χ2n) is 3.59. The van der Waals surface area contributed by atoms with Gasteiger partial charge in [0.25, 0.3) is 0 Å². The molecule has 3 aromatic rings. The summed E-state index contributed by atoms with van der Waals surface area (Å²) in [5.41, 5.74) is 7.78. The first-order chi connectivity index (χ1) is 8.29. The lowest BCUT2D eigenvalue weighted by atomic mass is 10.1. The molecule has 0 saturated heterocycles. The van der Waals surface area contributed by atoms with E-state index in [1.54, 1.807) is 19.4 Å². The highest BCUT2D eigenvalue weighted by atomic mass is 16.5. The third kappa shape index (κ3) is 1.44. The Morgan fingerprint density at radius 1 is 1.29 bits per heavy atom. The molecule has 0 aliphatic heterocycles. The van der Waals surface area contributed by atoms with E-state index in [0.29, 0.717) is 17.0 Å². The van der Waals surface area contributed by atoms with Crippen LogP contribution in [0.4, 0.5) is 5.88 Å². The molecule has 0 unspecified atom stereocenters. The zero-order valence-corrected chi connectivity index (χ0v) is 9.14. The van der Waals surface area contributed by atoms with Gasteiger partial charge in [-0.15, -0.1) is 0 Å². The van der Waals surface area contributed by atoms with Gasteiger partial charge in [0.1, 0.15) is 5.69 Å². The summed E-state index contributed by atoms with van der Waals surface area (Å²) >= 11 is 0. The second kappa shape index (κ2) is 3.55. The SMILES string of the molecule is COc1ccc(-c2cc(N)on2)c2ccoc12. The van der Waals surface area contributed by atoms with E-state index >= 15 is 0 Å². The summed E-state index contributed by atoms with van der Waals surface area (Å²) in [4.78, 5) is 0. The summed E-state index contributed by atoms with van der Waals surface area (Å²) in [6.07, 6.45) is 1.61. The van der Waals surface area contributed by atoms with Crippen LogP contribution in [0.25, 0.3) is 22.2 Å². The molecule has 2 aromatic heterocycles. The number of nitrogens with zero attached hydrogens (tertiary/aromatic N) is 1. The molecular formula is C12H10N2O3. The Bertz CT molecular complexity index is 669. The summed E-state index contributed by atoms with van der Waals surface area (Å²) in [6, 6.07) is 7.26. The van der Waals surface area contributed by atoms with Crippen LogP contribution in [0.2, 0.25) is 0 Å². The van der Waals surface area contributed by atoms with Gasteiger partial charge in [-0.1, -0.05) is 5.16 Å². The molecule has 5 heteroatoms. The maximum absolute atomic E-state index is 5.51. The predicted octanol–water partition coefficient (Wildman–Crippen LogP) is 2.68. The Balaban J connectivity index is 2.27. The highest BCUT2D eigenvalue weighted by Gasteiger charge is 2.13. The van der Waals surface area contributed by atoms with Crippen molar-refractivity contribution in [3.8, 4) is 17.0 Å². The van der Waals surface area contributed by atoms with Crippen LogP contribution in [0.1, 0.15) is 0 Å². The highest BCUT2D eigenvalue weighted by molar-refractivity contribution is 5.96. The number of methoxy groups -OCH3 is 1. The molecule has 0 spiro atoms. The number of fused-ring (bicyclic) bond motifs is 1. The standard InChI is InChI=1S/C12H10N2O3/c1-15-10-3-2-7(8-4-5-16-12(8)10)9-6-11(13)17-14-9/h2-6H,13H2,1H3. The van der Waals surface area contributed by atoms with Crippen LogP contribution >= 0.6 is 0 Å². The Labute approximate surface area is 96.7 Å². The Kier molecular flexibility index (Phi) is 2.04. The van der Waals surface area contributed by atoms with Crippen molar-refractivity contribution < 1.29 is 13.7 Å². The molecule has 0 aliphatic carbocycles. The maximum Gasteiger partial charge on any atom is 0.222 e. The van der Waals surface area contributed by atoms with Crippen molar-refractivity contribution in [2.75, 3.05) is 12.8 Å². The minimum Gasteiger partial charge on any atom is -0.493 e. The molecule has 0 saturated carbocycles. The van der Waals surface area contributed by atoms with E-state index in [-0.39, 0.29) is 5.88 Å². The summed E-state index contributed by atoms with van der Waals surface area (Å²) in [5, 5.41) is 4.80. The van der Waals surface area contributed by atoms with Gasteiger partial charge in [0.2, 0.25) is 5.88 Å². The van der Waals surface area contributed by atoms with Crippen LogP contribution in [0, 0.1) is 0 Å². The van der Waals surface area contributed by atoms with Gasteiger partial charge in [0, 0.05) is 17.0 Å². The van der Waals surface area contributed by atoms with E-state index in [2.05, 4.69) is 5.16 Å². The zero-order chi connectivity index (χ0) is 11.8. The number of hydrogen-bond donors (Lipinski definition) is 1. The molecule has 0 atom stereocenters. The molecule has 2 heterocycles. The smallest absolute Gasteiger partial charge is 0.222 e. The van der Waals surface area contributed by atoms with Gasteiger partial charge in [0.05, 0.1) is 13.4 Å². The largest absolute Gasteiger partial charge is 0.493 e. The van der Waals surface area contributed by atoms with Gasteiger partial charge in [-0.05, 0) is 18.2 Å². The third-order valence-corrected chi connectivity index (χ3v) is 2.60. The molecule has 0 bridgehead atoms. The number of anilines is 1. The molecule has 5 nitrogen and oxygen atoms in total. The van der Waals surface area contributed by atoms with Gasteiger partial charge >= 0.3 is 0 Å². The van der Waals surface area contributed by atoms with Crippen LogP contribution in [0.3, 0.4) is 0 Å². The number of aromatic nitrogens is 1. The molecule has 3 rings (SSSR count). The van der Waals surface area contributed by atoms with Crippen LogP contribution in [0.5, 0.6) is 5.75 Å². The number of benzene rings is 1. The van der Waals surface area contributed by atoms with E-state index in [4.69, 9.17) is 19.4 Å². The summed E-state index contributed by atoms with van der Waals surface area (Å²) in [6.45, 7) is 0. The first kappa shape index (κ1) is 9.77. The average molecular weight is 230 g/mol. The molecule has 17 heavy (non-hydrogen) atoms. The number of nitrogens with two attached hydrogens (primary N) is 1. The lowest BCUT2D eigenvalue weighted by molar-refractivity contribution is 0.410. The Hall–Kier alpha value is -2.43. The first-order valence-electron chi connectivity index (χ1n) is 5.06. The third-order valence-electron chi connectivity index (χ3n) is 2.60. The van der Waals surface area contributed by atoms with Gasteiger partial charge in [0.15, 0.2) is 11.3 Å². The molecule has 2 N–H and O–H groups in total. The average Bonchev–Trinajstić information content (AvgIpc) is 2.96. The zero-order valence-electron chi connectivity index (χ0n) is 9.14. The number of rotatable bonds is 2. The van der Waals surface area contributed by atoms with Crippen LogP contribution < -0.4 is 10.5 Å². The Morgan fingerprint density at radius 3 is 2.88 bits per heavy atom. The van der Waals surface area contributed by atoms with Crippen molar-refractivity contribution in [2.24, 2.45) is 0 Å². The first-order valence-corrected chi connectivity index (χ1v) is 5.06. The van der Waals surface area contributed by atoms with E-state index in [0.717, 1.165) is 10.9 Å². The fourth-order valence-electron chi connectivity index (χ4n) is 1.84. The topological polar surface area (TPSA) is 74.4 Å². The quantitative estimate of drug-likeness (QED) is 0.732. The Morgan fingerprint density at radius 2 is 2.18 bits per heavy atom. The van der Waals surface area contributed by atoms with Crippen molar-refractivity contribution in [1.29, 1.82) is 0 Å². The minimum atomic E-state index is 0.285. The molecule has 0 radical (unpaired) electrons. The monoisotopic (exact) mass is 230 g/mol. The summed E-state index contributed by atoms with van der Waals surface area (Å²) < 4.78 is 15.5. The van der Waals surface area contributed by atoms with Crippen LogP contribution in [-0.2, 0) is 0 Å². The summed E-state index contributed by atoms with van der Waals surface area (Å²) in [7, 11) is 1.60. The fourth-order valence-corrected chi connectivity index (χ4v) is 1.84. The lowest BCUT2D eigenvalue weighted by Gasteiger charge is -2.03. The minimum absolute atomic E-state index is 0.285. The number of hydrogen-bond acceptors (Lipinski definition) is 5. The number of nitrogen functional groups attached to an aromatic ring is 1. The van der Waals surface area contributed by atoms with E-state index in [9.17, 15) is 0 Å². The molecule has 86 valence electrons. The van der Waals surface area contributed by atoms with Crippen molar-refractivity contribution in [2.45, 2.75) is 0 Å². The van der Waals surface area contributed by atoms with Crippen molar-refractivity contribution in [3.63, 3.8) is 0 Å². The van der Waals surface area contributed by atoms with Crippen LogP contribution in [-0.4, -0.2) is 12.3 Å². The summed E-state index contributed by atoms with van der Waals surface area (Å²) in [5.74, 6) is 0.970. The van der Waals surface area contributed by atoms with E-state index in [1.807, 2.05) is 18.2 Å². The van der Waals surface area contributed by atoms with Gasteiger partial charge < -0.3 is 19.4 Å². The number of ether oxygens (including phenoxy) is 1. The lowest BCUT2D eigenvalue weighted by Crippen LogP contribution is -1.85.